The number of rotatable bonds is 2. The van der Waals surface area contributed by atoms with E-state index in [2.05, 4.69) is 19.6 Å². The van der Waals surface area contributed by atoms with Crippen LogP contribution >= 0.6 is 0 Å². The summed E-state index contributed by atoms with van der Waals surface area (Å²) in [6, 6.07) is 0. The molecule has 2 bridgehead atoms. The highest BCUT2D eigenvalue weighted by Crippen LogP contribution is 2.41. The van der Waals surface area contributed by atoms with Crippen LogP contribution in [-0.2, 0) is 9.53 Å². The Morgan fingerprint density at radius 3 is 2.72 bits per heavy atom. The molecule has 2 aliphatic rings. The van der Waals surface area contributed by atoms with Crippen LogP contribution in [0.2, 0.25) is 0 Å². The predicted octanol–water partition coefficient (Wildman–Crippen LogP) is 3.06. The van der Waals surface area contributed by atoms with E-state index < -0.39 is 35.8 Å². The molecule has 2 heterocycles. The van der Waals surface area contributed by atoms with E-state index in [-0.39, 0.29) is 17.9 Å². The van der Waals surface area contributed by atoms with Crippen molar-refractivity contribution in [1.82, 2.24) is 0 Å². The molecule has 142 valence electrons. The standard InChI is InChI=1S/C20H32O5/c1-12-7-5-9-13(2)17(22)18-15(14(3)19(23)24)11-16(21)20(4,25-18)10-6-8-12/h8,13,15-18,21-22H,3,5-7,9-11H2,1-2,4H3,(H,23,24)/b12-8+/t13-,15-,16+,17-,18+,20-/m0/s1. The Labute approximate surface area is 150 Å². The topological polar surface area (TPSA) is 87.0 Å². The van der Waals surface area contributed by atoms with Gasteiger partial charge in [-0.25, -0.2) is 4.79 Å². The van der Waals surface area contributed by atoms with Gasteiger partial charge in [0, 0.05) is 11.5 Å². The van der Waals surface area contributed by atoms with Crippen molar-refractivity contribution in [1.29, 1.82) is 0 Å². The van der Waals surface area contributed by atoms with Crippen LogP contribution in [0.1, 0.15) is 59.3 Å². The van der Waals surface area contributed by atoms with Crippen molar-refractivity contribution in [2.24, 2.45) is 11.8 Å². The summed E-state index contributed by atoms with van der Waals surface area (Å²) in [4.78, 5) is 11.4. The van der Waals surface area contributed by atoms with Gasteiger partial charge in [0.15, 0.2) is 0 Å². The van der Waals surface area contributed by atoms with Crippen molar-refractivity contribution in [3.63, 3.8) is 0 Å². The Hall–Kier alpha value is -1.17. The molecule has 6 atom stereocenters. The van der Waals surface area contributed by atoms with Crippen LogP contribution in [0, 0.1) is 11.8 Å². The van der Waals surface area contributed by atoms with Crippen LogP contribution in [0.25, 0.3) is 0 Å². The fourth-order valence-corrected chi connectivity index (χ4v) is 4.03. The second-order valence-electron chi connectivity index (χ2n) is 8.03. The molecule has 0 saturated carbocycles. The number of carboxylic acid groups (broad SMARTS) is 1. The van der Waals surface area contributed by atoms with Gasteiger partial charge in [-0.2, -0.15) is 0 Å². The first-order chi connectivity index (χ1) is 11.7. The summed E-state index contributed by atoms with van der Waals surface area (Å²) in [5.74, 6) is -1.70. The summed E-state index contributed by atoms with van der Waals surface area (Å²) in [5, 5.41) is 30.9. The van der Waals surface area contributed by atoms with Gasteiger partial charge >= 0.3 is 5.97 Å². The highest BCUT2D eigenvalue weighted by atomic mass is 16.5. The highest BCUT2D eigenvalue weighted by molar-refractivity contribution is 5.86. The van der Waals surface area contributed by atoms with Gasteiger partial charge in [-0.1, -0.05) is 25.2 Å². The zero-order chi connectivity index (χ0) is 18.8. The Bertz CT molecular complexity index is 540. The van der Waals surface area contributed by atoms with Crippen LogP contribution in [0.5, 0.6) is 0 Å². The molecule has 5 nitrogen and oxygen atoms in total. The molecule has 0 aromatic carbocycles. The summed E-state index contributed by atoms with van der Waals surface area (Å²) in [6.07, 6.45) is 4.47. The number of aliphatic carboxylic acids is 1. The molecular formula is C20H32O5. The summed E-state index contributed by atoms with van der Waals surface area (Å²) >= 11 is 0. The SMILES string of the molecule is C=C(C(=O)O)[C@@H]1C[C@@H](O)[C@]2(C)CC/C=C(\C)CCC[C@H](C)[C@H](O)[C@@H]1O2. The van der Waals surface area contributed by atoms with E-state index in [9.17, 15) is 20.1 Å². The zero-order valence-electron chi connectivity index (χ0n) is 15.6. The van der Waals surface area contributed by atoms with Gasteiger partial charge in [-0.15, -0.1) is 0 Å². The molecule has 0 radical (unpaired) electrons. The zero-order valence-corrected chi connectivity index (χ0v) is 15.6. The van der Waals surface area contributed by atoms with Crippen molar-refractivity contribution >= 4 is 5.97 Å². The Morgan fingerprint density at radius 2 is 2.08 bits per heavy atom. The Balaban J connectivity index is 2.35. The summed E-state index contributed by atoms with van der Waals surface area (Å²) in [7, 11) is 0. The van der Waals surface area contributed by atoms with Gasteiger partial charge in [-0.3, -0.25) is 0 Å². The van der Waals surface area contributed by atoms with Crippen LogP contribution in [-0.4, -0.2) is 45.2 Å². The Kier molecular flexibility index (Phi) is 6.46. The normalized spacial score (nSPS) is 42.4. The second-order valence-corrected chi connectivity index (χ2v) is 8.03. The van der Waals surface area contributed by atoms with Crippen molar-refractivity contribution < 1.29 is 24.9 Å². The van der Waals surface area contributed by atoms with Crippen LogP contribution in [0.4, 0.5) is 0 Å². The maximum Gasteiger partial charge on any atom is 0.331 e. The smallest absolute Gasteiger partial charge is 0.331 e. The Morgan fingerprint density at radius 1 is 1.40 bits per heavy atom. The quantitative estimate of drug-likeness (QED) is 0.525. The number of allylic oxidation sites excluding steroid dienone is 2. The monoisotopic (exact) mass is 352 g/mol. The van der Waals surface area contributed by atoms with E-state index in [0.717, 1.165) is 25.7 Å². The molecule has 0 aromatic heterocycles. The maximum absolute atomic E-state index is 11.4. The molecular weight excluding hydrogens is 320 g/mol. The van der Waals surface area contributed by atoms with E-state index in [0.29, 0.717) is 6.42 Å². The minimum Gasteiger partial charge on any atom is -0.478 e. The molecule has 0 unspecified atom stereocenters. The van der Waals surface area contributed by atoms with Gasteiger partial charge < -0.3 is 20.1 Å². The molecule has 1 saturated heterocycles. The first-order valence-corrected chi connectivity index (χ1v) is 9.27. The van der Waals surface area contributed by atoms with Crippen LogP contribution in [0.15, 0.2) is 23.8 Å². The average molecular weight is 352 g/mol. The average Bonchev–Trinajstić information content (AvgIpc) is 2.54. The third-order valence-electron chi connectivity index (χ3n) is 5.99. The number of carboxylic acids is 1. The first-order valence-electron chi connectivity index (χ1n) is 9.27. The van der Waals surface area contributed by atoms with Gasteiger partial charge in [0.1, 0.15) is 0 Å². The number of ether oxygens (including phenoxy) is 1. The lowest BCUT2D eigenvalue weighted by Crippen LogP contribution is -2.57. The van der Waals surface area contributed by atoms with Gasteiger partial charge in [-0.05, 0) is 58.3 Å². The molecule has 1 fully saturated rings. The first kappa shape index (κ1) is 20.1. The third-order valence-corrected chi connectivity index (χ3v) is 5.99. The molecule has 0 spiro atoms. The number of fused-ring (bicyclic) bond motifs is 2. The fraction of sp³-hybridized carbons (Fsp3) is 0.750. The fourth-order valence-electron chi connectivity index (χ4n) is 4.03. The molecule has 3 N–H and O–H groups in total. The molecule has 5 heteroatoms. The highest BCUT2D eigenvalue weighted by Gasteiger charge is 2.49. The molecule has 2 rings (SSSR count). The number of aliphatic hydroxyl groups excluding tert-OH is 2. The third kappa shape index (κ3) is 4.52. The van der Waals surface area contributed by atoms with Crippen LogP contribution < -0.4 is 0 Å². The lowest BCUT2D eigenvalue weighted by atomic mass is 9.74. The number of hydrogen-bond acceptors (Lipinski definition) is 4. The number of carbonyl (C=O) groups is 1. The summed E-state index contributed by atoms with van der Waals surface area (Å²) in [5.41, 5.74) is 0.529. The van der Waals surface area contributed by atoms with E-state index in [1.165, 1.54) is 5.57 Å². The molecule has 25 heavy (non-hydrogen) atoms. The lowest BCUT2D eigenvalue weighted by Gasteiger charge is -2.49. The summed E-state index contributed by atoms with van der Waals surface area (Å²) in [6.45, 7) is 9.62. The van der Waals surface area contributed by atoms with Crippen molar-refractivity contribution in [2.45, 2.75) is 83.2 Å². The van der Waals surface area contributed by atoms with Crippen molar-refractivity contribution in [3.8, 4) is 0 Å². The maximum atomic E-state index is 11.4. The minimum atomic E-state index is -1.10. The summed E-state index contributed by atoms with van der Waals surface area (Å²) < 4.78 is 6.21. The van der Waals surface area contributed by atoms with Crippen LogP contribution in [0.3, 0.4) is 0 Å². The van der Waals surface area contributed by atoms with Gasteiger partial charge in [0.05, 0.1) is 23.9 Å². The van der Waals surface area contributed by atoms with Gasteiger partial charge in [0.25, 0.3) is 0 Å². The largest absolute Gasteiger partial charge is 0.478 e. The minimum absolute atomic E-state index is 0.000171. The molecule has 0 aliphatic carbocycles. The van der Waals surface area contributed by atoms with E-state index >= 15 is 0 Å². The van der Waals surface area contributed by atoms with E-state index in [1.54, 1.807) is 0 Å². The van der Waals surface area contributed by atoms with Crippen molar-refractivity contribution in [2.75, 3.05) is 0 Å². The lowest BCUT2D eigenvalue weighted by molar-refractivity contribution is -0.229. The molecule has 0 amide bonds. The number of aliphatic hydroxyl groups is 2. The van der Waals surface area contributed by atoms with Crippen molar-refractivity contribution in [3.05, 3.63) is 23.8 Å². The second kappa shape index (κ2) is 8.02. The van der Waals surface area contributed by atoms with E-state index in [1.807, 2.05) is 13.8 Å². The van der Waals surface area contributed by atoms with E-state index in [4.69, 9.17) is 4.74 Å². The van der Waals surface area contributed by atoms with Gasteiger partial charge in [0.2, 0.25) is 0 Å². The predicted molar refractivity (Wildman–Crippen MR) is 96.2 cm³/mol. The molecule has 2 aliphatic heterocycles. The molecule has 0 aromatic rings. The number of hydrogen-bond donors (Lipinski definition) is 3.